The first-order valence-corrected chi connectivity index (χ1v) is 5.41. The van der Waals surface area contributed by atoms with Crippen molar-refractivity contribution in [3.63, 3.8) is 0 Å². The first kappa shape index (κ1) is 13.5. The van der Waals surface area contributed by atoms with Crippen LogP contribution in [0.25, 0.3) is 0 Å². The molecule has 2 unspecified atom stereocenters. The number of rotatable bonds is 5. The molecule has 0 aliphatic heterocycles. The number of nitrogen functional groups attached to an aromatic ring is 1. The van der Waals surface area contributed by atoms with E-state index in [2.05, 4.69) is 4.74 Å². The van der Waals surface area contributed by atoms with Crippen molar-refractivity contribution < 1.29 is 19.7 Å². The molecule has 1 rings (SSSR count). The van der Waals surface area contributed by atoms with Crippen molar-refractivity contribution in [2.75, 3.05) is 12.3 Å². The molecule has 4 N–H and O–H groups in total. The summed E-state index contributed by atoms with van der Waals surface area (Å²) in [6.45, 7) is 1.93. The van der Waals surface area contributed by atoms with E-state index in [-0.39, 0.29) is 13.0 Å². The van der Waals surface area contributed by atoms with Gasteiger partial charge in [0, 0.05) is 5.69 Å². The maximum Gasteiger partial charge on any atom is 0.308 e. The number of anilines is 1. The van der Waals surface area contributed by atoms with Crippen LogP contribution in [0, 0.1) is 0 Å². The maximum atomic E-state index is 11.1. The summed E-state index contributed by atoms with van der Waals surface area (Å²) in [5, 5.41) is 19.5. The molecule has 2 atom stereocenters. The number of esters is 1. The van der Waals surface area contributed by atoms with E-state index < -0.39 is 18.2 Å². The van der Waals surface area contributed by atoms with Gasteiger partial charge in [-0.15, -0.1) is 0 Å². The summed E-state index contributed by atoms with van der Waals surface area (Å²) in [4.78, 5) is 11.1. The molecular weight excluding hydrogens is 222 g/mol. The Morgan fingerprint density at radius 3 is 2.76 bits per heavy atom. The molecule has 5 nitrogen and oxygen atoms in total. The molecule has 1 aromatic rings. The van der Waals surface area contributed by atoms with Gasteiger partial charge in [-0.1, -0.05) is 12.1 Å². The lowest BCUT2D eigenvalue weighted by atomic mass is 10.0. The molecule has 0 bridgehead atoms. The van der Waals surface area contributed by atoms with Crippen LogP contribution in [0.1, 0.15) is 25.0 Å². The molecule has 0 heterocycles. The lowest BCUT2D eigenvalue weighted by Crippen LogP contribution is -2.23. The fourth-order valence-corrected chi connectivity index (χ4v) is 1.47. The van der Waals surface area contributed by atoms with Gasteiger partial charge in [0.1, 0.15) is 6.10 Å². The zero-order valence-corrected chi connectivity index (χ0v) is 9.67. The lowest BCUT2D eigenvalue weighted by molar-refractivity contribution is -0.147. The molecular formula is C12H17NO4. The van der Waals surface area contributed by atoms with Crippen LogP contribution in [-0.4, -0.2) is 28.9 Å². The minimum Gasteiger partial charge on any atom is -0.466 e. The number of hydrogen-bond donors (Lipinski definition) is 3. The number of carbonyl (C=O) groups is 1. The third-order valence-corrected chi connectivity index (χ3v) is 2.30. The number of carbonyl (C=O) groups excluding carboxylic acids is 1. The highest BCUT2D eigenvalue weighted by molar-refractivity contribution is 5.70. The van der Waals surface area contributed by atoms with Crippen molar-refractivity contribution in [2.45, 2.75) is 25.6 Å². The molecule has 0 spiro atoms. The Kier molecular flexibility index (Phi) is 4.93. The monoisotopic (exact) mass is 239 g/mol. The summed E-state index contributed by atoms with van der Waals surface area (Å²) < 4.78 is 4.69. The number of aliphatic hydroxyl groups excluding tert-OH is 2. The number of ether oxygens (including phenoxy) is 1. The quantitative estimate of drug-likeness (QED) is 0.517. The molecule has 94 valence electrons. The first-order chi connectivity index (χ1) is 8.04. The van der Waals surface area contributed by atoms with Crippen molar-refractivity contribution >= 4 is 11.7 Å². The largest absolute Gasteiger partial charge is 0.466 e. The molecule has 17 heavy (non-hydrogen) atoms. The van der Waals surface area contributed by atoms with Gasteiger partial charge >= 0.3 is 5.97 Å². The Balaban J connectivity index is 2.63. The molecule has 0 saturated carbocycles. The lowest BCUT2D eigenvalue weighted by Gasteiger charge is -2.17. The number of benzene rings is 1. The molecule has 5 heteroatoms. The second-order valence-electron chi connectivity index (χ2n) is 3.69. The minimum absolute atomic E-state index is 0.246. The van der Waals surface area contributed by atoms with Crippen LogP contribution in [0.2, 0.25) is 0 Å². The average Bonchev–Trinajstić information content (AvgIpc) is 2.28. The smallest absolute Gasteiger partial charge is 0.308 e. The van der Waals surface area contributed by atoms with Crippen molar-refractivity contribution in [2.24, 2.45) is 0 Å². The normalized spacial score (nSPS) is 14.1. The van der Waals surface area contributed by atoms with Gasteiger partial charge in [0.05, 0.1) is 19.1 Å². The van der Waals surface area contributed by atoms with Gasteiger partial charge in [0.25, 0.3) is 0 Å². The van der Waals surface area contributed by atoms with Gasteiger partial charge in [0.2, 0.25) is 0 Å². The third kappa shape index (κ3) is 4.05. The Morgan fingerprint density at radius 2 is 2.18 bits per heavy atom. The second kappa shape index (κ2) is 6.22. The zero-order valence-electron chi connectivity index (χ0n) is 9.67. The molecule has 1 aromatic carbocycles. The SMILES string of the molecule is CCOC(=O)CC(O)C(O)c1cccc(N)c1. The third-order valence-electron chi connectivity index (χ3n) is 2.30. The van der Waals surface area contributed by atoms with Crippen LogP contribution in [-0.2, 0) is 9.53 Å². The fraction of sp³-hybridized carbons (Fsp3) is 0.417. The van der Waals surface area contributed by atoms with E-state index in [1.807, 2.05) is 0 Å². The van der Waals surface area contributed by atoms with Gasteiger partial charge in [0.15, 0.2) is 0 Å². The van der Waals surface area contributed by atoms with Crippen molar-refractivity contribution in [1.29, 1.82) is 0 Å². The van der Waals surface area contributed by atoms with Gasteiger partial charge < -0.3 is 20.7 Å². The van der Waals surface area contributed by atoms with Gasteiger partial charge in [-0.2, -0.15) is 0 Å². The highest BCUT2D eigenvalue weighted by atomic mass is 16.5. The highest BCUT2D eigenvalue weighted by Gasteiger charge is 2.22. The maximum absolute atomic E-state index is 11.1. The van der Waals surface area contributed by atoms with E-state index >= 15 is 0 Å². The van der Waals surface area contributed by atoms with Gasteiger partial charge in [-0.25, -0.2) is 0 Å². The van der Waals surface area contributed by atoms with Gasteiger partial charge in [-0.05, 0) is 24.6 Å². The summed E-state index contributed by atoms with van der Waals surface area (Å²) in [6, 6.07) is 6.54. The molecule has 0 aliphatic rings. The Morgan fingerprint density at radius 1 is 1.47 bits per heavy atom. The average molecular weight is 239 g/mol. The van der Waals surface area contributed by atoms with Crippen LogP contribution in [0.3, 0.4) is 0 Å². The van der Waals surface area contributed by atoms with E-state index in [0.29, 0.717) is 11.3 Å². The first-order valence-electron chi connectivity index (χ1n) is 5.41. The van der Waals surface area contributed by atoms with E-state index in [9.17, 15) is 15.0 Å². The number of aliphatic hydroxyl groups is 2. The van der Waals surface area contributed by atoms with Crippen molar-refractivity contribution in [3.05, 3.63) is 29.8 Å². The summed E-state index contributed by atoms with van der Waals surface area (Å²) >= 11 is 0. The zero-order chi connectivity index (χ0) is 12.8. The Bertz CT molecular complexity index is 381. The predicted molar refractivity (Wildman–Crippen MR) is 63.1 cm³/mol. The van der Waals surface area contributed by atoms with E-state index in [4.69, 9.17) is 5.73 Å². The molecule has 0 radical (unpaired) electrons. The van der Waals surface area contributed by atoms with Crippen molar-refractivity contribution in [3.8, 4) is 0 Å². The number of hydrogen-bond acceptors (Lipinski definition) is 5. The second-order valence-corrected chi connectivity index (χ2v) is 3.69. The summed E-state index contributed by atoms with van der Waals surface area (Å²) in [5.74, 6) is -0.539. The fourth-order valence-electron chi connectivity index (χ4n) is 1.47. The molecule has 0 aliphatic carbocycles. The molecule has 0 saturated heterocycles. The Hall–Kier alpha value is -1.59. The predicted octanol–water partition coefficient (Wildman–Crippen LogP) is 0.616. The molecule has 0 fully saturated rings. The van der Waals surface area contributed by atoms with Crippen molar-refractivity contribution in [1.82, 2.24) is 0 Å². The van der Waals surface area contributed by atoms with Crippen LogP contribution >= 0.6 is 0 Å². The minimum atomic E-state index is -1.20. The highest BCUT2D eigenvalue weighted by Crippen LogP contribution is 2.21. The van der Waals surface area contributed by atoms with E-state index in [1.165, 1.54) is 0 Å². The Labute approximate surface area is 99.8 Å². The summed E-state index contributed by atoms with van der Waals surface area (Å²) in [6.07, 6.45) is -2.59. The van der Waals surface area contributed by atoms with Crippen LogP contribution < -0.4 is 5.73 Å². The van der Waals surface area contributed by atoms with E-state index in [1.54, 1.807) is 31.2 Å². The van der Waals surface area contributed by atoms with Crippen LogP contribution in [0.15, 0.2) is 24.3 Å². The van der Waals surface area contributed by atoms with Crippen LogP contribution in [0.5, 0.6) is 0 Å². The molecule has 0 amide bonds. The topological polar surface area (TPSA) is 92.8 Å². The van der Waals surface area contributed by atoms with E-state index in [0.717, 1.165) is 0 Å². The van der Waals surface area contributed by atoms with Crippen LogP contribution in [0.4, 0.5) is 5.69 Å². The number of nitrogens with two attached hydrogens (primary N) is 1. The summed E-state index contributed by atoms with van der Waals surface area (Å²) in [7, 11) is 0. The molecule has 0 aromatic heterocycles. The standard InChI is InChI=1S/C12H17NO4/c1-2-17-11(15)7-10(14)12(16)8-4-3-5-9(13)6-8/h3-6,10,12,14,16H,2,7,13H2,1H3. The summed E-state index contributed by atoms with van der Waals surface area (Å²) in [5.41, 5.74) is 6.53. The van der Waals surface area contributed by atoms with Gasteiger partial charge in [-0.3, -0.25) is 4.79 Å².